The Morgan fingerprint density at radius 1 is 1.10 bits per heavy atom. The van der Waals surface area contributed by atoms with Gasteiger partial charge in [0.2, 0.25) is 0 Å². The van der Waals surface area contributed by atoms with Crippen molar-refractivity contribution in [2.24, 2.45) is 0 Å². The molecule has 0 radical (unpaired) electrons. The molecule has 0 spiro atoms. The van der Waals surface area contributed by atoms with Crippen LogP contribution >= 0.6 is 15.9 Å². The van der Waals surface area contributed by atoms with Gasteiger partial charge in [0.1, 0.15) is 15.9 Å². The molecule has 0 atom stereocenters. The van der Waals surface area contributed by atoms with E-state index >= 15 is 0 Å². The van der Waals surface area contributed by atoms with E-state index in [1.165, 1.54) is 50.2 Å². The van der Waals surface area contributed by atoms with E-state index in [1.54, 1.807) is 0 Å². The molecular weight excluding hydrogens is 500 g/mol. The van der Waals surface area contributed by atoms with Crippen LogP contribution in [0.1, 0.15) is 13.8 Å². The Labute approximate surface area is 181 Å². The summed E-state index contributed by atoms with van der Waals surface area (Å²) in [5.41, 5.74) is 0.0456. The van der Waals surface area contributed by atoms with Gasteiger partial charge in [-0.2, -0.15) is 9.78 Å². The lowest BCUT2D eigenvalue weighted by Gasteiger charge is -2.13. The van der Waals surface area contributed by atoms with Crippen LogP contribution in [0.4, 0.5) is 4.79 Å². The van der Waals surface area contributed by atoms with Gasteiger partial charge in [-0.25, -0.2) is 21.6 Å². The number of ether oxygens (including phenoxy) is 1. The molecular formula is C18H17BrN2O7S2. The molecule has 3 rings (SSSR count). The highest BCUT2D eigenvalue weighted by atomic mass is 79.9. The van der Waals surface area contributed by atoms with E-state index in [-0.39, 0.29) is 36.8 Å². The molecule has 12 heteroatoms. The molecule has 0 aliphatic heterocycles. The number of carboxylic acid groups (broad SMARTS) is 1. The first-order valence-corrected chi connectivity index (χ1v) is 12.7. The molecule has 30 heavy (non-hydrogen) atoms. The Kier molecular flexibility index (Phi) is 5.69. The molecule has 3 aromatic rings. The third kappa shape index (κ3) is 4.07. The third-order valence-corrected chi connectivity index (χ3v) is 8.13. The summed E-state index contributed by atoms with van der Waals surface area (Å²) in [6.07, 6.45) is -0.322. The van der Waals surface area contributed by atoms with Crippen LogP contribution in [-0.4, -0.2) is 49.3 Å². The van der Waals surface area contributed by atoms with Crippen molar-refractivity contribution in [2.75, 3.05) is 6.26 Å². The Morgan fingerprint density at radius 2 is 1.70 bits per heavy atom. The normalized spacial score (nSPS) is 12.4. The zero-order valence-corrected chi connectivity index (χ0v) is 19.2. The maximum atomic E-state index is 12.7. The van der Waals surface area contributed by atoms with Gasteiger partial charge in [-0.05, 0) is 60.1 Å². The summed E-state index contributed by atoms with van der Waals surface area (Å²) in [6.45, 7) is 3.05. The van der Waals surface area contributed by atoms with Gasteiger partial charge in [0.05, 0.1) is 15.0 Å². The molecule has 160 valence electrons. The maximum absolute atomic E-state index is 12.7. The lowest BCUT2D eigenvalue weighted by Crippen LogP contribution is -2.14. The highest BCUT2D eigenvalue weighted by molar-refractivity contribution is 9.10. The molecule has 0 unspecified atom stereocenters. The SMILES string of the molecule is CC(C)S(=O)(=O)c1cc(Oc2ccc(S(C)(=O)=O)cc2)c2c(c1)c(Br)nn2C(=O)O. The Balaban J connectivity index is 2.24. The minimum Gasteiger partial charge on any atom is -0.463 e. The predicted molar refractivity (Wildman–Crippen MR) is 113 cm³/mol. The van der Waals surface area contributed by atoms with Crippen molar-refractivity contribution < 1.29 is 31.5 Å². The first kappa shape index (κ1) is 22.2. The number of halogens is 1. The van der Waals surface area contributed by atoms with Gasteiger partial charge in [0.25, 0.3) is 0 Å². The van der Waals surface area contributed by atoms with E-state index in [4.69, 9.17) is 4.74 Å². The summed E-state index contributed by atoms with van der Waals surface area (Å²) in [5.74, 6) is 0.136. The number of hydrogen-bond donors (Lipinski definition) is 1. The summed E-state index contributed by atoms with van der Waals surface area (Å²) in [6, 6.07) is 8.02. The van der Waals surface area contributed by atoms with Gasteiger partial charge in [-0.1, -0.05) is 0 Å². The number of fused-ring (bicyclic) bond motifs is 1. The summed E-state index contributed by atoms with van der Waals surface area (Å²) < 4.78 is 55.3. The van der Waals surface area contributed by atoms with Crippen LogP contribution in [0.3, 0.4) is 0 Å². The zero-order valence-electron chi connectivity index (χ0n) is 16.0. The van der Waals surface area contributed by atoms with Gasteiger partial charge < -0.3 is 9.84 Å². The summed E-state index contributed by atoms with van der Waals surface area (Å²) >= 11 is 3.16. The molecule has 1 aromatic heterocycles. The monoisotopic (exact) mass is 516 g/mol. The van der Waals surface area contributed by atoms with Gasteiger partial charge in [-0.3, -0.25) is 0 Å². The smallest absolute Gasteiger partial charge is 0.432 e. The number of benzene rings is 2. The third-order valence-electron chi connectivity index (χ3n) is 4.28. The molecule has 2 aromatic carbocycles. The van der Waals surface area contributed by atoms with E-state index in [1.807, 2.05) is 0 Å². The van der Waals surface area contributed by atoms with Crippen molar-refractivity contribution in [2.45, 2.75) is 28.9 Å². The van der Waals surface area contributed by atoms with Crippen LogP contribution in [0.2, 0.25) is 0 Å². The first-order valence-electron chi connectivity index (χ1n) is 8.50. The van der Waals surface area contributed by atoms with Gasteiger partial charge in [0.15, 0.2) is 25.4 Å². The van der Waals surface area contributed by atoms with Crippen LogP contribution in [-0.2, 0) is 19.7 Å². The minimum absolute atomic E-state index is 0.0456. The molecule has 0 fully saturated rings. The quantitative estimate of drug-likeness (QED) is 0.542. The Morgan fingerprint density at radius 3 is 2.20 bits per heavy atom. The molecule has 1 heterocycles. The Bertz CT molecular complexity index is 1360. The van der Waals surface area contributed by atoms with Crippen LogP contribution in [0, 0.1) is 0 Å². The minimum atomic E-state index is -3.70. The summed E-state index contributed by atoms with van der Waals surface area (Å²) in [4.78, 5) is 11.6. The van der Waals surface area contributed by atoms with Crippen LogP contribution in [0.15, 0.2) is 50.8 Å². The highest BCUT2D eigenvalue weighted by Crippen LogP contribution is 2.37. The van der Waals surface area contributed by atoms with Crippen molar-refractivity contribution in [3.8, 4) is 11.5 Å². The number of nitrogens with zero attached hydrogens (tertiary/aromatic N) is 2. The highest BCUT2D eigenvalue weighted by Gasteiger charge is 2.26. The largest absolute Gasteiger partial charge is 0.463 e. The number of hydrogen-bond acceptors (Lipinski definition) is 7. The van der Waals surface area contributed by atoms with Crippen LogP contribution in [0.5, 0.6) is 11.5 Å². The van der Waals surface area contributed by atoms with E-state index in [2.05, 4.69) is 21.0 Å². The zero-order chi connectivity index (χ0) is 22.4. The second-order valence-corrected chi connectivity index (χ2v) is 12.0. The molecule has 9 nitrogen and oxygen atoms in total. The van der Waals surface area contributed by atoms with Gasteiger partial charge in [0, 0.05) is 17.7 Å². The molecule has 0 bridgehead atoms. The second kappa shape index (κ2) is 7.67. The van der Waals surface area contributed by atoms with Crippen molar-refractivity contribution >= 4 is 52.6 Å². The predicted octanol–water partition coefficient (Wildman–Crippen LogP) is 3.70. The van der Waals surface area contributed by atoms with Crippen molar-refractivity contribution in [1.29, 1.82) is 0 Å². The lowest BCUT2D eigenvalue weighted by molar-refractivity contribution is 0.193. The van der Waals surface area contributed by atoms with E-state index < -0.39 is 31.0 Å². The van der Waals surface area contributed by atoms with Crippen molar-refractivity contribution in [3.05, 3.63) is 41.0 Å². The van der Waals surface area contributed by atoms with E-state index in [0.717, 1.165) is 6.26 Å². The molecule has 0 aliphatic rings. The summed E-state index contributed by atoms with van der Waals surface area (Å²) in [7, 11) is -7.11. The number of aromatic nitrogens is 2. The standard InChI is InChI=1S/C18H17BrN2O7S2/c1-10(2)30(26,27)13-8-14-16(21(18(22)23)20-17(14)19)15(9-13)28-11-4-6-12(7-5-11)29(3,24)25/h4-10H,1-3H3,(H,22,23). The average molecular weight is 517 g/mol. The molecule has 1 N–H and O–H groups in total. The second-order valence-electron chi connectivity index (χ2n) is 6.74. The molecule has 0 saturated heterocycles. The fourth-order valence-electron chi connectivity index (χ4n) is 2.68. The van der Waals surface area contributed by atoms with Crippen LogP contribution < -0.4 is 4.74 Å². The fourth-order valence-corrected chi connectivity index (χ4v) is 4.87. The number of carbonyl (C=O) groups is 1. The molecule has 0 saturated carbocycles. The first-order chi connectivity index (χ1) is 13.8. The van der Waals surface area contributed by atoms with E-state index in [0.29, 0.717) is 4.68 Å². The molecule has 0 amide bonds. The number of rotatable bonds is 5. The summed E-state index contributed by atoms with van der Waals surface area (Å²) in [5, 5.41) is 12.9. The topological polar surface area (TPSA) is 133 Å². The average Bonchev–Trinajstić information content (AvgIpc) is 2.99. The van der Waals surface area contributed by atoms with Gasteiger partial charge in [-0.15, -0.1) is 0 Å². The lowest BCUT2D eigenvalue weighted by atomic mass is 10.2. The van der Waals surface area contributed by atoms with Gasteiger partial charge >= 0.3 is 6.09 Å². The Hall–Kier alpha value is -2.44. The van der Waals surface area contributed by atoms with Crippen molar-refractivity contribution in [1.82, 2.24) is 9.78 Å². The maximum Gasteiger partial charge on any atom is 0.432 e. The van der Waals surface area contributed by atoms with Crippen molar-refractivity contribution in [3.63, 3.8) is 0 Å². The molecule has 0 aliphatic carbocycles. The fraction of sp³-hybridized carbons (Fsp3) is 0.222. The van der Waals surface area contributed by atoms with E-state index in [9.17, 15) is 26.7 Å². The van der Waals surface area contributed by atoms with Crippen LogP contribution in [0.25, 0.3) is 10.9 Å². The number of sulfone groups is 2.